The highest BCUT2D eigenvalue weighted by Gasteiger charge is 2.19. The molecule has 0 spiro atoms. The van der Waals surface area contributed by atoms with E-state index in [9.17, 15) is 0 Å². The molecule has 0 saturated carbocycles. The lowest BCUT2D eigenvalue weighted by Crippen LogP contribution is -2.00. The molecule has 4 heteroatoms. The van der Waals surface area contributed by atoms with Crippen LogP contribution in [-0.4, -0.2) is 9.78 Å². The summed E-state index contributed by atoms with van der Waals surface area (Å²) in [6.07, 6.45) is 4.56. The van der Waals surface area contributed by atoms with E-state index in [0.29, 0.717) is 0 Å². The Morgan fingerprint density at radius 1 is 1.12 bits per heavy atom. The Labute approximate surface area is 114 Å². The summed E-state index contributed by atoms with van der Waals surface area (Å²) in [5.74, 6) is 0. The second-order valence-corrected chi connectivity index (χ2v) is 5.59. The lowest BCUT2D eigenvalue weighted by Gasteiger charge is -2.07. The molecule has 0 aliphatic heterocycles. The van der Waals surface area contributed by atoms with Crippen LogP contribution in [0.15, 0.2) is 28.7 Å². The van der Waals surface area contributed by atoms with Crippen LogP contribution in [0.2, 0.25) is 5.15 Å². The number of rotatable bonds is 1. The van der Waals surface area contributed by atoms with Gasteiger partial charge in [-0.3, -0.25) is 0 Å². The molecule has 1 aromatic heterocycles. The van der Waals surface area contributed by atoms with Crippen molar-refractivity contribution in [2.45, 2.75) is 25.7 Å². The topological polar surface area (TPSA) is 17.8 Å². The van der Waals surface area contributed by atoms with E-state index in [1.54, 1.807) is 0 Å². The Morgan fingerprint density at radius 2 is 1.82 bits per heavy atom. The van der Waals surface area contributed by atoms with Crippen LogP contribution in [0, 0.1) is 0 Å². The molecule has 0 bridgehead atoms. The van der Waals surface area contributed by atoms with Crippen LogP contribution in [0.25, 0.3) is 5.69 Å². The van der Waals surface area contributed by atoms with Gasteiger partial charge in [0.15, 0.2) is 0 Å². The molecular weight excluding hydrogens is 300 g/mol. The minimum atomic E-state index is 0.780. The number of hydrogen-bond donors (Lipinski definition) is 0. The highest BCUT2D eigenvalue weighted by Crippen LogP contribution is 2.29. The molecule has 0 amide bonds. The molecule has 1 aliphatic carbocycles. The maximum atomic E-state index is 6.41. The smallest absolute Gasteiger partial charge is 0.136 e. The first kappa shape index (κ1) is 11.3. The van der Waals surface area contributed by atoms with Crippen LogP contribution < -0.4 is 0 Å². The van der Waals surface area contributed by atoms with Crippen molar-refractivity contribution in [3.63, 3.8) is 0 Å². The number of aryl methyl sites for hydroxylation is 1. The normalized spacial score (nSPS) is 14.7. The van der Waals surface area contributed by atoms with E-state index in [0.717, 1.165) is 28.2 Å². The van der Waals surface area contributed by atoms with Gasteiger partial charge in [0, 0.05) is 10.0 Å². The molecule has 2 nitrogen and oxygen atoms in total. The Balaban J connectivity index is 2.09. The summed E-state index contributed by atoms with van der Waals surface area (Å²) in [6.45, 7) is 0. The van der Waals surface area contributed by atoms with Crippen molar-refractivity contribution in [3.8, 4) is 5.69 Å². The van der Waals surface area contributed by atoms with Crippen molar-refractivity contribution >= 4 is 27.5 Å². The molecule has 0 unspecified atom stereocenters. The van der Waals surface area contributed by atoms with Crippen molar-refractivity contribution in [3.05, 3.63) is 45.1 Å². The second-order valence-electron chi connectivity index (χ2n) is 4.31. The zero-order valence-electron chi connectivity index (χ0n) is 9.29. The van der Waals surface area contributed by atoms with Crippen LogP contribution >= 0.6 is 27.5 Å². The summed E-state index contributed by atoms with van der Waals surface area (Å²) in [7, 11) is 0. The summed E-state index contributed by atoms with van der Waals surface area (Å²) in [4.78, 5) is 0. The molecule has 0 atom stereocenters. The third-order valence-corrected chi connectivity index (χ3v) is 4.08. The first-order chi connectivity index (χ1) is 8.25. The number of hydrogen-bond acceptors (Lipinski definition) is 1. The maximum Gasteiger partial charge on any atom is 0.136 e. The lowest BCUT2D eigenvalue weighted by atomic mass is 9.99. The molecule has 1 aromatic carbocycles. The van der Waals surface area contributed by atoms with Gasteiger partial charge in [0.25, 0.3) is 0 Å². The summed E-state index contributed by atoms with van der Waals surface area (Å²) < 4.78 is 2.92. The molecule has 2 aromatic rings. The Hall–Kier alpha value is -0.800. The highest BCUT2D eigenvalue weighted by molar-refractivity contribution is 9.10. The zero-order chi connectivity index (χ0) is 11.8. The molecule has 88 valence electrons. The SMILES string of the molecule is Clc1c2c(nn1-c1ccc(Br)cc1)CCCC2. The quantitative estimate of drug-likeness (QED) is 0.773. The van der Waals surface area contributed by atoms with E-state index in [4.69, 9.17) is 11.6 Å². The van der Waals surface area contributed by atoms with Gasteiger partial charge >= 0.3 is 0 Å². The Morgan fingerprint density at radius 3 is 2.53 bits per heavy atom. The third kappa shape index (κ3) is 2.02. The first-order valence-electron chi connectivity index (χ1n) is 5.78. The number of aromatic nitrogens is 2. The van der Waals surface area contributed by atoms with Crippen LogP contribution in [0.5, 0.6) is 0 Å². The van der Waals surface area contributed by atoms with E-state index in [1.807, 2.05) is 28.9 Å². The standard InChI is InChI=1S/C13H12BrClN2/c14-9-5-7-10(8-6-9)17-13(15)11-3-1-2-4-12(11)16-17/h5-8H,1-4H2. The summed E-state index contributed by atoms with van der Waals surface area (Å²) in [6, 6.07) is 8.06. The van der Waals surface area contributed by atoms with E-state index >= 15 is 0 Å². The molecule has 1 aliphatic rings. The molecule has 0 saturated heterocycles. The zero-order valence-corrected chi connectivity index (χ0v) is 11.6. The molecule has 1 heterocycles. The van der Waals surface area contributed by atoms with Gasteiger partial charge in [0.1, 0.15) is 5.15 Å². The van der Waals surface area contributed by atoms with Gasteiger partial charge in [-0.25, -0.2) is 4.68 Å². The van der Waals surface area contributed by atoms with Crippen molar-refractivity contribution in [1.82, 2.24) is 9.78 Å². The van der Waals surface area contributed by atoms with E-state index in [2.05, 4.69) is 21.0 Å². The largest absolute Gasteiger partial charge is 0.222 e. The van der Waals surface area contributed by atoms with Gasteiger partial charge < -0.3 is 0 Å². The van der Waals surface area contributed by atoms with Gasteiger partial charge in [-0.1, -0.05) is 27.5 Å². The van der Waals surface area contributed by atoms with Gasteiger partial charge in [-0.05, 0) is 49.9 Å². The van der Waals surface area contributed by atoms with Gasteiger partial charge in [0.2, 0.25) is 0 Å². The fourth-order valence-electron chi connectivity index (χ4n) is 2.27. The van der Waals surface area contributed by atoms with Crippen LogP contribution in [-0.2, 0) is 12.8 Å². The predicted octanol–water partition coefficient (Wildman–Crippen LogP) is 4.17. The number of halogens is 2. The molecule has 0 radical (unpaired) electrons. The van der Waals surface area contributed by atoms with Crippen LogP contribution in [0.1, 0.15) is 24.1 Å². The summed E-state index contributed by atoms with van der Waals surface area (Å²) >= 11 is 9.84. The van der Waals surface area contributed by atoms with E-state index in [-0.39, 0.29) is 0 Å². The van der Waals surface area contributed by atoms with Crippen LogP contribution in [0.4, 0.5) is 0 Å². The fraction of sp³-hybridized carbons (Fsp3) is 0.308. The average Bonchev–Trinajstić information content (AvgIpc) is 2.69. The van der Waals surface area contributed by atoms with Crippen molar-refractivity contribution in [1.29, 1.82) is 0 Å². The highest BCUT2D eigenvalue weighted by atomic mass is 79.9. The van der Waals surface area contributed by atoms with E-state index < -0.39 is 0 Å². The van der Waals surface area contributed by atoms with E-state index in [1.165, 1.54) is 24.1 Å². The third-order valence-electron chi connectivity index (χ3n) is 3.17. The van der Waals surface area contributed by atoms with Gasteiger partial charge in [-0.15, -0.1) is 0 Å². The maximum absolute atomic E-state index is 6.41. The average molecular weight is 312 g/mol. The van der Waals surface area contributed by atoms with Crippen molar-refractivity contribution in [2.24, 2.45) is 0 Å². The molecule has 3 rings (SSSR count). The Bertz CT molecular complexity index is 545. The van der Waals surface area contributed by atoms with Crippen molar-refractivity contribution < 1.29 is 0 Å². The molecule has 0 fully saturated rings. The minimum Gasteiger partial charge on any atom is -0.222 e. The number of nitrogens with zero attached hydrogens (tertiary/aromatic N) is 2. The Kier molecular flexibility index (Phi) is 2.97. The first-order valence-corrected chi connectivity index (χ1v) is 6.95. The summed E-state index contributed by atoms with van der Waals surface area (Å²) in [5, 5.41) is 5.40. The van der Waals surface area contributed by atoms with Crippen LogP contribution in [0.3, 0.4) is 0 Å². The lowest BCUT2D eigenvalue weighted by molar-refractivity contribution is 0.671. The van der Waals surface area contributed by atoms with Gasteiger partial charge in [0.05, 0.1) is 11.4 Å². The van der Waals surface area contributed by atoms with Crippen molar-refractivity contribution in [2.75, 3.05) is 0 Å². The van der Waals surface area contributed by atoms with Gasteiger partial charge in [-0.2, -0.15) is 5.10 Å². The number of fused-ring (bicyclic) bond motifs is 1. The monoisotopic (exact) mass is 310 g/mol. The molecular formula is C13H12BrClN2. The summed E-state index contributed by atoms with van der Waals surface area (Å²) in [5.41, 5.74) is 3.43. The number of benzene rings is 1. The molecule has 0 N–H and O–H groups in total. The minimum absolute atomic E-state index is 0.780. The molecule has 17 heavy (non-hydrogen) atoms. The second kappa shape index (κ2) is 4.46. The fourth-order valence-corrected chi connectivity index (χ4v) is 2.87. The predicted molar refractivity (Wildman–Crippen MR) is 72.9 cm³/mol.